The molecule has 0 aliphatic rings. The number of aromatic nitrogens is 2. The molecule has 0 saturated carbocycles. The van der Waals surface area contributed by atoms with Crippen molar-refractivity contribution in [1.82, 2.24) is 9.78 Å². The number of para-hydroxylation sites is 2. The van der Waals surface area contributed by atoms with Crippen LogP contribution in [0.3, 0.4) is 0 Å². The first-order valence-electron chi connectivity index (χ1n) is 5.03. The van der Waals surface area contributed by atoms with Gasteiger partial charge in [-0.25, -0.2) is 4.68 Å². The second-order valence-corrected chi connectivity index (χ2v) is 3.64. The van der Waals surface area contributed by atoms with Gasteiger partial charge in [0.15, 0.2) is 0 Å². The molecule has 0 spiro atoms. The van der Waals surface area contributed by atoms with Crippen molar-refractivity contribution in [3.63, 3.8) is 0 Å². The fraction of sp³-hybridized carbons (Fsp3) is 0.0909. The molecule has 18 heavy (non-hydrogen) atoms. The van der Waals surface area contributed by atoms with E-state index in [1.54, 1.807) is 12.1 Å². The second kappa shape index (κ2) is 4.28. The fourth-order valence-corrected chi connectivity index (χ4v) is 1.60. The number of aliphatic carboxylic acids is 1. The van der Waals surface area contributed by atoms with Gasteiger partial charge in [0.25, 0.3) is 5.56 Å². The molecule has 7 heteroatoms. The predicted molar refractivity (Wildman–Crippen MR) is 61.1 cm³/mol. The first-order valence-corrected chi connectivity index (χ1v) is 5.03. The number of aromatic amines is 1. The number of phenolic OH excluding ortho intramolecular Hbond substituents is 1. The van der Waals surface area contributed by atoms with E-state index in [1.165, 1.54) is 12.1 Å². The number of hydrogen-bond donors (Lipinski definition) is 4. The van der Waals surface area contributed by atoms with Gasteiger partial charge in [0, 0.05) is 0 Å². The van der Waals surface area contributed by atoms with Crippen molar-refractivity contribution in [1.29, 1.82) is 0 Å². The number of carbonyl (C=O) groups is 1. The number of phenols is 1. The van der Waals surface area contributed by atoms with Crippen molar-refractivity contribution in [3.05, 3.63) is 40.2 Å². The number of benzene rings is 1. The van der Waals surface area contributed by atoms with Crippen LogP contribution < -0.4 is 5.56 Å². The minimum absolute atomic E-state index is 0.152. The summed E-state index contributed by atoms with van der Waals surface area (Å²) < 4.78 is 0.940. The number of nitrogens with one attached hydrogen (secondary N) is 1. The van der Waals surface area contributed by atoms with E-state index in [9.17, 15) is 19.8 Å². The third-order valence-corrected chi connectivity index (χ3v) is 2.42. The van der Waals surface area contributed by atoms with Gasteiger partial charge in [0.1, 0.15) is 11.4 Å². The van der Waals surface area contributed by atoms with Crippen molar-refractivity contribution in [2.45, 2.75) is 6.42 Å². The Bertz CT molecular complexity index is 656. The zero-order chi connectivity index (χ0) is 13.3. The monoisotopic (exact) mass is 250 g/mol. The Morgan fingerprint density at radius 2 is 1.94 bits per heavy atom. The third kappa shape index (κ3) is 1.93. The van der Waals surface area contributed by atoms with Crippen molar-refractivity contribution in [2.24, 2.45) is 0 Å². The smallest absolute Gasteiger partial charge is 0.308 e. The van der Waals surface area contributed by atoms with E-state index in [1.807, 2.05) is 0 Å². The van der Waals surface area contributed by atoms with Crippen molar-refractivity contribution in [3.8, 4) is 17.3 Å². The minimum Gasteiger partial charge on any atom is -0.506 e. The van der Waals surface area contributed by atoms with E-state index in [0.717, 1.165) is 4.68 Å². The molecule has 7 nitrogen and oxygen atoms in total. The summed E-state index contributed by atoms with van der Waals surface area (Å²) >= 11 is 0. The molecule has 0 aliphatic heterocycles. The van der Waals surface area contributed by atoms with Crippen LogP contribution >= 0.6 is 0 Å². The lowest BCUT2D eigenvalue weighted by Gasteiger charge is -2.06. The van der Waals surface area contributed by atoms with Crippen molar-refractivity contribution >= 4 is 5.97 Å². The Morgan fingerprint density at radius 1 is 1.28 bits per heavy atom. The molecule has 0 fully saturated rings. The van der Waals surface area contributed by atoms with Crippen LogP contribution in [0.15, 0.2) is 29.1 Å². The highest BCUT2D eigenvalue weighted by Crippen LogP contribution is 2.25. The number of nitrogens with zero attached hydrogens (tertiary/aromatic N) is 1. The first-order chi connectivity index (χ1) is 8.50. The van der Waals surface area contributed by atoms with Gasteiger partial charge in [-0.3, -0.25) is 14.7 Å². The molecule has 0 saturated heterocycles. The van der Waals surface area contributed by atoms with Gasteiger partial charge in [-0.2, -0.15) is 0 Å². The zero-order valence-corrected chi connectivity index (χ0v) is 9.12. The molecular formula is C11H10N2O5. The van der Waals surface area contributed by atoms with E-state index in [0.29, 0.717) is 0 Å². The summed E-state index contributed by atoms with van der Waals surface area (Å²) in [6.07, 6.45) is -0.595. The molecule has 4 N–H and O–H groups in total. The van der Waals surface area contributed by atoms with Crippen molar-refractivity contribution in [2.75, 3.05) is 0 Å². The van der Waals surface area contributed by atoms with Gasteiger partial charge in [-0.15, -0.1) is 0 Å². The fourth-order valence-electron chi connectivity index (χ4n) is 1.60. The maximum Gasteiger partial charge on any atom is 0.308 e. The third-order valence-electron chi connectivity index (χ3n) is 2.42. The van der Waals surface area contributed by atoms with Gasteiger partial charge < -0.3 is 15.3 Å². The summed E-state index contributed by atoms with van der Waals surface area (Å²) in [4.78, 5) is 22.1. The lowest BCUT2D eigenvalue weighted by atomic mass is 10.2. The number of carboxylic acids is 1. The van der Waals surface area contributed by atoms with E-state index in [-0.39, 0.29) is 17.0 Å². The summed E-state index contributed by atoms with van der Waals surface area (Å²) in [5.74, 6) is -1.91. The Hall–Kier alpha value is -2.70. The lowest BCUT2D eigenvalue weighted by Crippen LogP contribution is -2.11. The van der Waals surface area contributed by atoms with E-state index in [2.05, 4.69) is 5.10 Å². The molecule has 0 unspecified atom stereocenters. The maximum absolute atomic E-state index is 11.5. The Balaban J connectivity index is 2.58. The van der Waals surface area contributed by atoms with Gasteiger partial charge in [-0.1, -0.05) is 12.1 Å². The number of hydrogen-bond acceptors (Lipinski definition) is 4. The molecule has 1 heterocycles. The maximum atomic E-state index is 11.5. The molecule has 2 aromatic rings. The Labute approximate surface area is 101 Å². The van der Waals surface area contributed by atoms with E-state index < -0.39 is 23.8 Å². The van der Waals surface area contributed by atoms with E-state index >= 15 is 0 Å². The second-order valence-electron chi connectivity index (χ2n) is 3.64. The first kappa shape index (κ1) is 11.8. The highest BCUT2D eigenvalue weighted by molar-refractivity contribution is 5.71. The van der Waals surface area contributed by atoms with Crippen molar-refractivity contribution < 1.29 is 20.1 Å². The molecule has 1 aromatic carbocycles. The molecule has 0 atom stereocenters. The predicted octanol–water partition coefficient (Wildman–Crippen LogP) is 0.204. The molecule has 1 aromatic heterocycles. The molecule has 2 rings (SSSR count). The molecule has 0 amide bonds. The highest BCUT2D eigenvalue weighted by atomic mass is 16.4. The normalized spacial score (nSPS) is 10.4. The van der Waals surface area contributed by atoms with Gasteiger partial charge in [0.05, 0.1) is 12.0 Å². The van der Waals surface area contributed by atoms with Crippen LogP contribution in [0, 0.1) is 0 Å². The Morgan fingerprint density at radius 3 is 2.56 bits per heavy atom. The van der Waals surface area contributed by atoms with Crippen LogP contribution in [0.5, 0.6) is 11.6 Å². The standard InChI is InChI=1S/C11H10N2O5/c14-8-4-2-1-3-7(8)13-11(18)6(5-9(15)16)10(17)12-13/h1-4,14,18H,5H2,(H,12,17)(H,15,16). The molecule has 0 bridgehead atoms. The summed E-state index contributed by atoms with van der Waals surface area (Å²) in [5.41, 5.74) is -0.812. The van der Waals surface area contributed by atoms with Crippen LogP contribution in [0.1, 0.15) is 5.56 Å². The molecule has 94 valence electrons. The molecule has 0 aliphatic carbocycles. The minimum atomic E-state index is -1.23. The Kier molecular flexibility index (Phi) is 2.80. The molecule has 0 radical (unpaired) electrons. The largest absolute Gasteiger partial charge is 0.506 e. The van der Waals surface area contributed by atoms with Crippen LogP contribution in [-0.4, -0.2) is 31.1 Å². The summed E-state index contributed by atoms with van der Waals surface area (Å²) in [6.45, 7) is 0. The van der Waals surface area contributed by atoms with Crippen LogP contribution in [0.4, 0.5) is 0 Å². The van der Waals surface area contributed by atoms with E-state index in [4.69, 9.17) is 5.11 Å². The average molecular weight is 250 g/mol. The van der Waals surface area contributed by atoms with Gasteiger partial charge in [-0.05, 0) is 12.1 Å². The quantitative estimate of drug-likeness (QED) is 0.621. The van der Waals surface area contributed by atoms with Gasteiger partial charge in [0.2, 0.25) is 5.88 Å². The highest BCUT2D eigenvalue weighted by Gasteiger charge is 2.18. The summed E-state index contributed by atoms with van der Waals surface area (Å²) in [5, 5.41) is 30.3. The van der Waals surface area contributed by atoms with Crippen LogP contribution in [-0.2, 0) is 11.2 Å². The number of aromatic hydroxyl groups is 2. The van der Waals surface area contributed by atoms with Crippen LogP contribution in [0.25, 0.3) is 5.69 Å². The number of rotatable bonds is 3. The number of H-pyrrole nitrogens is 1. The molecular weight excluding hydrogens is 240 g/mol. The zero-order valence-electron chi connectivity index (χ0n) is 9.12. The average Bonchev–Trinajstić information content (AvgIpc) is 2.57. The summed E-state index contributed by atoms with van der Waals surface area (Å²) in [7, 11) is 0. The lowest BCUT2D eigenvalue weighted by molar-refractivity contribution is -0.136. The summed E-state index contributed by atoms with van der Waals surface area (Å²) in [6, 6.07) is 6.03. The van der Waals surface area contributed by atoms with Gasteiger partial charge >= 0.3 is 5.97 Å². The van der Waals surface area contributed by atoms with Crippen LogP contribution in [0.2, 0.25) is 0 Å². The number of carboxylic acid groups (broad SMARTS) is 1. The topological polar surface area (TPSA) is 116 Å². The SMILES string of the molecule is O=C(O)Cc1c(O)n(-c2ccccc2O)[nH]c1=O.